The summed E-state index contributed by atoms with van der Waals surface area (Å²) in [6.45, 7) is 4.25. The molecule has 30 nitrogen and oxygen atoms in total. The molecule has 0 aliphatic rings. The number of aliphatic hydroxyl groups excluding tert-OH is 11. The zero-order valence-electron chi connectivity index (χ0n) is 47.6. The van der Waals surface area contributed by atoms with E-state index in [2.05, 4.69) is 31.9 Å². The lowest BCUT2D eigenvalue weighted by Gasteiger charge is -2.33. The number of rotatable bonds is 51. The van der Waals surface area contributed by atoms with Crippen molar-refractivity contribution >= 4 is 35.3 Å². The van der Waals surface area contributed by atoms with Gasteiger partial charge < -0.3 is 122 Å². The number of hydrogen-bond acceptors (Lipinski definition) is 24. The molecule has 476 valence electrons. The molecule has 1 aromatic carbocycles. The van der Waals surface area contributed by atoms with Crippen molar-refractivity contribution in [2.45, 2.75) is 126 Å². The van der Waals surface area contributed by atoms with Crippen LogP contribution in [-0.4, -0.2) is 290 Å². The number of unbranched alkanes of at least 4 members (excludes halogenated alkanes) is 1. The molecular formula is C52H96N8O22. The van der Waals surface area contributed by atoms with Crippen molar-refractivity contribution in [3.63, 3.8) is 0 Å². The molecule has 19 N–H and O–H groups in total. The van der Waals surface area contributed by atoms with E-state index in [0.29, 0.717) is 76.5 Å². The van der Waals surface area contributed by atoms with Gasteiger partial charge in [-0.2, -0.15) is 0 Å². The number of urea groups is 1. The number of nitrogens with zero attached hydrogens (tertiary/aromatic N) is 1. The molecule has 6 amide bonds. The molecule has 0 fully saturated rings. The molecule has 11 atom stereocenters. The molecule has 82 heavy (non-hydrogen) atoms. The normalized spacial score (nSPS) is 15.8. The summed E-state index contributed by atoms with van der Waals surface area (Å²) >= 11 is 0. The van der Waals surface area contributed by atoms with Gasteiger partial charge in [0.2, 0.25) is 23.6 Å². The molecule has 0 aliphatic heterocycles. The number of aliphatic hydroxyl groups is 11. The SMILES string of the molecule is CN[C@@H](CCCCNC(=O)CCOCCOCCOCCOCCOCCOCCN(C[C@H](O)[C@@H](O)[C@H](O)[C@H](O)CO)C[C@H](O)[C@@H](O)[C@H](O)[C@H](O)CO)C(=O)N[C@H](C(=O)N[C@@H](CCCNC(N)=O)C(=O)Nc1ccc(CO)cc1)C(C)C. The first-order valence-corrected chi connectivity index (χ1v) is 27.6. The molecule has 0 aliphatic carbocycles. The minimum Gasteiger partial charge on any atom is -0.394 e. The summed E-state index contributed by atoms with van der Waals surface area (Å²) < 4.78 is 33.0. The highest BCUT2D eigenvalue weighted by Crippen LogP contribution is 2.14. The van der Waals surface area contributed by atoms with Crippen molar-refractivity contribution in [2.24, 2.45) is 11.7 Å². The van der Waals surface area contributed by atoms with E-state index in [0.717, 1.165) is 0 Å². The number of amides is 6. The van der Waals surface area contributed by atoms with Crippen LogP contribution in [0.15, 0.2) is 24.3 Å². The van der Waals surface area contributed by atoms with Crippen LogP contribution in [0, 0.1) is 5.92 Å². The van der Waals surface area contributed by atoms with Gasteiger partial charge in [0, 0.05) is 44.8 Å². The summed E-state index contributed by atoms with van der Waals surface area (Å²) in [7, 11) is 1.63. The Labute approximate surface area is 479 Å². The van der Waals surface area contributed by atoms with Crippen LogP contribution in [0.2, 0.25) is 0 Å². The zero-order chi connectivity index (χ0) is 61.2. The summed E-state index contributed by atoms with van der Waals surface area (Å²) in [6, 6.07) is 3.20. The van der Waals surface area contributed by atoms with Crippen molar-refractivity contribution in [3.8, 4) is 0 Å². The second-order valence-electron chi connectivity index (χ2n) is 19.5. The maximum absolute atomic E-state index is 13.6. The molecule has 0 unspecified atom stereocenters. The van der Waals surface area contributed by atoms with Gasteiger partial charge in [-0.05, 0) is 62.8 Å². The summed E-state index contributed by atoms with van der Waals surface area (Å²) in [6.07, 6.45) is -12.2. The van der Waals surface area contributed by atoms with E-state index < -0.39 is 117 Å². The first-order chi connectivity index (χ1) is 39.2. The summed E-state index contributed by atoms with van der Waals surface area (Å²) in [5.41, 5.74) is 6.27. The van der Waals surface area contributed by atoms with Gasteiger partial charge in [0.05, 0.1) is 117 Å². The average Bonchev–Trinajstić information content (AvgIpc) is 3.49. The molecule has 0 radical (unpaired) electrons. The monoisotopic (exact) mass is 1180 g/mol. The van der Waals surface area contributed by atoms with Crippen molar-refractivity contribution in [1.29, 1.82) is 0 Å². The third-order valence-electron chi connectivity index (χ3n) is 12.6. The van der Waals surface area contributed by atoms with Gasteiger partial charge in [0.25, 0.3) is 0 Å². The molecule has 30 heteroatoms. The Morgan fingerprint density at radius 1 is 0.537 bits per heavy atom. The van der Waals surface area contributed by atoms with Gasteiger partial charge >= 0.3 is 6.03 Å². The maximum atomic E-state index is 13.6. The molecule has 0 saturated heterocycles. The molecule has 1 rings (SSSR count). The average molecular weight is 1190 g/mol. The number of anilines is 1. The van der Waals surface area contributed by atoms with Crippen LogP contribution in [0.3, 0.4) is 0 Å². The first-order valence-electron chi connectivity index (χ1n) is 27.6. The van der Waals surface area contributed by atoms with Crippen molar-refractivity contribution < 1.29 is 109 Å². The summed E-state index contributed by atoms with van der Waals surface area (Å²) in [5.74, 6) is -2.00. The molecule has 0 bridgehead atoms. The van der Waals surface area contributed by atoms with Gasteiger partial charge in [-0.3, -0.25) is 24.1 Å². The van der Waals surface area contributed by atoms with E-state index in [1.807, 2.05) is 0 Å². The highest BCUT2D eigenvalue weighted by molar-refractivity contribution is 5.98. The quantitative estimate of drug-likeness (QED) is 0.0270. The highest BCUT2D eigenvalue weighted by Gasteiger charge is 2.35. The topological polar surface area (TPSA) is 465 Å². The Kier molecular flexibility index (Phi) is 42.4. The number of likely N-dealkylation sites (N-methyl/N-ethyl adjacent to an activating group) is 1. The van der Waals surface area contributed by atoms with Crippen LogP contribution in [0.5, 0.6) is 0 Å². The highest BCUT2D eigenvalue weighted by atomic mass is 16.6. The number of carbonyl (C=O) groups is 5. The lowest BCUT2D eigenvalue weighted by Crippen LogP contribution is -2.57. The van der Waals surface area contributed by atoms with Crippen LogP contribution < -0.4 is 37.6 Å². The smallest absolute Gasteiger partial charge is 0.312 e. The second kappa shape index (κ2) is 46.0. The van der Waals surface area contributed by atoms with E-state index in [1.54, 1.807) is 45.2 Å². The standard InChI is InChI=1S/C52H96N8O22/c1-34(2)44(51(75)58-38(8-6-15-56-52(53)76)50(74)57-36-11-9-35(31-61)10-12-36)59-49(73)37(54-3)7-4-5-14-55-43(68)13-17-77-19-21-79-23-25-81-27-28-82-26-24-80-22-20-78-18-16-60(29-39(64)45(69)47(71)41(66)32-62)30-40(65)46(70)48(72)42(67)33-63/h9-12,34,37-42,44-48,54,61-67,69-72H,4-8,13-33H2,1-3H3,(H,55,68)(H,57,74)(H,58,75)(H,59,73)(H3,53,56,76)/t37-,38-,39-,40-,41+,42+,44-,45+,46+,47+,48+/m0/s1. The number of ether oxygens (including phenoxy) is 6. The predicted octanol–water partition coefficient (Wildman–Crippen LogP) is -6.27. The number of carbonyl (C=O) groups excluding carboxylic acids is 5. The molecule has 1 aromatic rings. The summed E-state index contributed by atoms with van der Waals surface area (Å²) in [4.78, 5) is 65.1. The first kappa shape index (κ1) is 75.6. The van der Waals surface area contributed by atoms with Crippen LogP contribution in [0.4, 0.5) is 10.5 Å². The lowest BCUT2D eigenvalue weighted by molar-refractivity contribution is -0.132. The van der Waals surface area contributed by atoms with E-state index in [4.69, 9.17) is 44.4 Å². The molecule has 0 aromatic heterocycles. The van der Waals surface area contributed by atoms with Gasteiger partial charge in [0.15, 0.2) is 0 Å². The Balaban J connectivity index is 2.23. The van der Waals surface area contributed by atoms with Gasteiger partial charge in [-0.15, -0.1) is 0 Å². The van der Waals surface area contributed by atoms with Crippen LogP contribution in [0.25, 0.3) is 0 Å². The molecular weight excluding hydrogens is 1090 g/mol. The number of hydrogen-bond donors (Lipinski definition) is 18. The number of nitrogens with two attached hydrogens (primary N) is 1. The number of benzene rings is 1. The Morgan fingerprint density at radius 3 is 1.44 bits per heavy atom. The van der Waals surface area contributed by atoms with Gasteiger partial charge in [0.1, 0.15) is 48.7 Å². The van der Waals surface area contributed by atoms with Crippen LogP contribution >= 0.6 is 0 Å². The van der Waals surface area contributed by atoms with E-state index in [9.17, 15) is 69.9 Å². The minimum atomic E-state index is -1.90. The van der Waals surface area contributed by atoms with Crippen LogP contribution in [-0.2, 0) is 54.2 Å². The largest absolute Gasteiger partial charge is 0.394 e. The number of nitrogens with one attached hydrogen (secondary N) is 6. The second-order valence-corrected chi connectivity index (χ2v) is 19.5. The molecule has 0 heterocycles. The lowest BCUT2D eigenvalue weighted by atomic mass is 10.0. The van der Waals surface area contributed by atoms with E-state index in [1.165, 1.54) is 4.90 Å². The molecule has 0 saturated carbocycles. The van der Waals surface area contributed by atoms with Crippen molar-refractivity contribution in [1.82, 2.24) is 31.5 Å². The predicted molar refractivity (Wildman–Crippen MR) is 294 cm³/mol. The Bertz CT molecular complexity index is 1820. The summed E-state index contributed by atoms with van der Waals surface area (Å²) in [5, 5.41) is 125. The van der Waals surface area contributed by atoms with Crippen LogP contribution in [0.1, 0.15) is 57.9 Å². The molecule has 0 spiro atoms. The van der Waals surface area contributed by atoms with Crippen molar-refractivity contribution in [3.05, 3.63) is 29.8 Å². The Hall–Kier alpha value is -4.39. The fourth-order valence-electron chi connectivity index (χ4n) is 7.64. The van der Waals surface area contributed by atoms with E-state index in [-0.39, 0.29) is 90.6 Å². The van der Waals surface area contributed by atoms with Gasteiger partial charge in [-0.1, -0.05) is 26.0 Å². The van der Waals surface area contributed by atoms with Crippen molar-refractivity contribution in [2.75, 3.05) is 138 Å². The van der Waals surface area contributed by atoms with E-state index >= 15 is 0 Å². The number of primary amides is 1. The fourth-order valence-corrected chi connectivity index (χ4v) is 7.64. The van der Waals surface area contributed by atoms with Gasteiger partial charge in [-0.25, -0.2) is 4.79 Å². The Morgan fingerprint density at radius 2 is 0.988 bits per heavy atom. The maximum Gasteiger partial charge on any atom is 0.312 e. The minimum absolute atomic E-state index is 0.00213. The zero-order valence-corrected chi connectivity index (χ0v) is 47.6. The third-order valence-corrected chi connectivity index (χ3v) is 12.6. The third kappa shape index (κ3) is 33.8. The fraction of sp³-hybridized carbons (Fsp3) is 0.788.